The second-order valence-corrected chi connectivity index (χ2v) is 17.8. The van der Waals surface area contributed by atoms with Crippen LogP contribution < -0.4 is 21.2 Å². The summed E-state index contributed by atoms with van der Waals surface area (Å²) in [6.45, 7) is 6.14. The first-order valence-electron chi connectivity index (χ1n) is 20.2. The Hall–Kier alpha value is -4.69. The number of anilines is 2. The van der Waals surface area contributed by atoms with Crippen LogP contribution in [-0.2, 0) is 22.2 Å². The lowest BCUT2D eigenvalue weighted by Gasteiger charge is -2.40. The molecule has 58 heavy (non-hydrogen) atoms. The summed E-state index contributed by atoms with van der Waals surface area (Å²) in [7, 11) is 4.00. The van der Waals surface area contributed by atoms with Crippen molar-refractivity contribution in [2.75, 3.05) is 36.9 Å². The molecule has 0 spiro atoms. The first kappa shape index (κ1) is 40.1. The van der Waals surface area contributed by atoms with E-state index in [1.165, 1.54) is 0 Å². The Bertz CT molecular complexity index is 2450. The lowest BCUT2D eigenvalue weighted by molar-refractivity contribution is -0.135. The number of imide groups is 1. The molecule has 3 aromatic carbocycles. The third-order valence-corrected chi connectivity index (χ3v) is 12.9. The molecule has 5 aromatic rings. The van der Waals surface area contributed by atoms with E-state index in [1.54, 1.807) is 48.2 Å². The molecule has 1 unspecified atom stereocenters. The zero-order valence-corrected chi connectivity index (χ0v) is 34.8. The second-order valence-electron chi connectivity index (χ2n) is 16.9. The Balaban J connectivity index is 0.885. The van der Waals surface area contributed by atoms with Crippen molar-refractivity contribution in [3.63, 3.8) is 0 Å². The Labute approximate surface area is 346 Å². The summed E-state index contributed by atoms with van der Waals surface area (Å²) in [5.74, 6) is -0.515. The Kier molecular flexibility index (Phi) is 10.9. The number of imidazole rings is 1. The lowest BCUT2D eigenvalue weighted by atomic mass is 9.85. The number of rotatable bonds is 9. The third kappa shape index (κ3) is 7.89. The van der Waals surface area contributed by atoms with Crippen LogP contribution >= 0.6 is 23.2 Å². The molecule has 13 nitrogen and oxygen atoms in total. The Morgan fingerprint density at radius 1 is 0.983 bits per heavy atom. The van der Waals surface area contributed by atoms with Crippen molar-refractivity contribution in [1.82, 2.24) is 29.1 Å². The van der Waals surface area contributed by atoms with Gasteiger partial charge in [0.1, 0.15) is 6.04 Å². The van der Waals surface area contributed by atoms with Crippen LogP contribution in [0.3, 0.4) is 0 Å². The summed E-state index contributed by atoms with van der Waals surface area (Å²) in [6, 6.07) is 14.3. The summed E-state index contributed by atoms with van der Waals surface area (Å²) in [6.07, 6.45) is 8.81. The Morgan fingerprint density at radius 3 is 2.36 bits per heavy atom. The number of nitrogens with zero attached hydrogens (tertiary/aromatic N) is 6. The van der Waals surface area contributed by atoms with Gasteiger partial charge in [-0.3, -0.25) is 33.5 Å². The van der Waals surface area contributed by atoms with Crippen molar-refractivity contribution < 1.29 is 19.5 Å². The largest absolute Gasteiger partial charge is 0.386 e. The number of hydrogen-bond donors (Lipinski definition) is 3. The highest BCUT2D eigenvalue weighted by Gasteiger charge is 2.33. The van der Waals surface area contributed by atoms with Gasteiger partial charge in [-0.1, -0.05) is 29.3 Å². The number of fused-ring (bicyclic) bond motifs is 2. The van der Waals surface area contributed by atoms with Crippen molar-refractivity contribution in [3.8, 4) is 0 Å². The van der Waals surface area contributed by atoms with Gasteiger partial charge in [-0.25, -0.2) is 4.79 Å². The molecule has 1 atom stereocenters. The zero-order chi connectivity index (χ0) is 41.0. The topological polar surface area (TPSA) is 147 Å². The summed E-state index contributed by atoms with van der Waals surface area (Å²) in [4.78, 5) is 56.1. The SMILES string of the molecule is CN(CC1CCC(n2cc3cc(NC(=O)c4cc(Cl)cc(Cl)c4)c(C(C)(C)O)cc3n2)CC1)C1CCN(c2cccc3c2n(C)c(=O)n3C2CCC(=O)NC2=O)CC1. The fourth-order valence-electron chi connectivity index (χ4n) is 9.37. The fourth-order valence-corrected chi connectivity index (χ4v) is 9.89. The molecule has 4 heterocycles. The van der Waals surface area contributed by atoms with Crippen molar-refractivity contribution in [1.29, 1.82) is 0 Å². The summed E-state index contributed by atoms with van der Waals surface area (Å²) in [5.41, 5.74) is 3.20. The van der Waals surface area contributed by atoms with Gasteiger partial charge in [-0.2, -0.15) is 5.10 Å². The van der Waals surface area contributed by atoms with Crippen LogP contribution in [0.1, 0.15) is 93.2 Å². The molecule has 3 aliphatic rings. The number of carbonyl (C=O) groups excluding carboxylic acids is 3. The van der Waals surface area contributed by atoms with E-state index in [4.69, 9.17) is 28.3 Å². The molecule has 15 heteroatoms. The van der Waals surface area contributed by atoms with Crippen LogP contribution in [0.5, 0.6) is 0 Å². The highest BCUT2D eigenvalue weighted by molar-refractivity contribution is 6.35. The fraction of sp³-hybridized carbons (Fsp3) is 0.465. The number of hydrogen-bond acceptors (Lipinski definition) is 8. The monoisotopic (exact) mass is 828 g/mol. The smallest absolute Gasteiger partial charge is 0.329 e. The van der Waals surface area contributed by atoms with Crippen molar-refractivity contribution in [2.45, 2.75) is 88.9 Å². The van der Waals surface area contributed by atoms with Gasteiger partial charge in [0, 0.05) is 77.6 Å². The molecule has 3 amide bonds. The van der Waals surface area contributed by atoms with Gasteiger partial charge in [0.05, 0.1) is 33.9 Å². The van der Waals surface area contributed by atoms with Crippen molar-refractivity contribution >= 4 is 74.2 Å². The molecule has 2 saturated heterocycles. The van der Waals surface area contributed by atoms with E-state index in [1.807, 2.05) is 30.5 Å². The van der Waals surface area contributed by atoms with Gasteiger partial charge in [-0.05, 0) is 114 Å². The molecule has 1 aliphatic carbocycles. The van der Waals surface area contributed by atoms with Gasteiger partial charge in [0.2, 0.25) is 11.8 Å². The number of benzene rings is 3. The predicted molar refractivity (Wildman–Crippen MR) is 227 cm³/mol. The van der Waals surface area contributed by atoms with Crippen LogP contribution in [-0.4, -0.2) is 79.4 Å². The number of halogens is 2. The highest BCUT2D eigenvalue weighted by Crippen LogP contribution is 2.37. The number of amides is 3. The van der Waals surface area contributed by atoms with Crippen molar-refractivity contribution in [3.05, 3.63) is 86.4 Å². The standard InChI is InChI=1S/C43H50Cl2N8O5/c1-43(2,58)32-22-33-27(20-34(32)46-40(55)26-18-28(44)21-29(45)19-26)24-52(48-33)31-10-8-25(9-11-31)23-49(3)30-14-16-51(17-15-30)35-6-5-7-36-39(35)50(4)42(57)53(36)37-12-13-38(54)47-41(37)56/h5-7,18-22,24-25,30-31,37,58H,8-17,23H2,1-4H3,(H,46,55)(H,47,54,56). The molecule has 1 saturated carbocycles. The molecular weight excluding hydrogens is 779 g/mol. The quantitative estimate of drug-likeness (QED) is 0.138. The van der Waals surface area contributed by atoms with Gasteiger partial charge < -0.3 is 20.2 Å². The number of nitrogens with one attached hydrogen (secondary N) is 2. The van der Waals surface area contributed by atoms with Crippen LogP contribution in [0.2, 0.25) is 10.0 Å². The highest BCUT2D eigenvalue weighted by atomic mass is 35.5. The van der Waals surface area contributed by atoms with Gasteiger partial charge in [-0.15, -0.1) is 0 Å². The van der Waals surface area contributed by atoms with Gasteiger partial charge in [0.25, 0.3) is 5.91 Å². The van der Waals surface area contributed by atoms with Crippen molar-refractivity contribution in [2.24, 2.45) is 13.0 Å². The number of aromatic nitrogens is 4. The molecule has 0 radical (unpaired) electrons. The molecule has 306 valence electrons. The first-order valence-corrected chi connectivity index (χ1v) is 20.9. The number of piperidine rings is 2. The lowest BCUT2D eigenvalue weighted by Crippen LogP contribution is -2.45. The van der Waals surface area contributed by atoms with E-state index < -0.39 is 17.6 Å². The molecular formula is C43H50Cl2N8O5. The normalized spacial score (nSPS) is 21.0. The minimum atomic E-state index is -1.23. The predicted octanol–water partition coefficient (Wildman–Crippen LogP) is 6.79. The van der Waals surface area contributed by atoms with Crippen LogP contribution in [0.25, 0.3) is 21.9 Å². The van der Waals surface area contributed by atoms with Crippen LogP contribution in [0.4, 0.5) is 11.4 Å². The van der Waals surface area contributed by atoms with E-state index in [0.29, 0.717) is 50.8 Å². The maximum atomic E-state index is 13.5. The first-order chi connectivity index (χ1) is 27.6. The van der Waals surface area contributed by atoms with E-state index >= 15 is 0 Å². The average Bonchev–Trinajstić information content (AvgIpc) is 3.71. The molecule has 0 bridgehead atoms. The number of carbonyl (C=O) groups is 3. The van der Waals surface area contributed by atoms with E-state index in [0.717, 1.165) is 80.3 Å². The average molecular weight is 830 g/mol. The molecule has 3 fully saturated rings. The van der Waals surface area contributed by atoms with Gasteiger partial charge in [0.15, 0.2) is 0 Å². The summed E-state index contributed by atoms with van der Waals surface area (Å²) in [5, 5.41) is 23.0. The number of aliphatic hydroxyl groups is 1. The van der Waals surface area contributed by atoms with E-state index in [9.17, 15) is 24.3 Å². The molecule has 2 aromatic heterocycles. The van der Waals surface area contributed by atoms with Crippen LogP contribution in [0, 0.1) is 5.92 Å². The van der Waals surface area contributed by atoms with Crippen LogP contribution in [0.15, 0.2) is 59.5 Å². The minimum Gasteiger partial charge on any atom is -0.386 e. The Morgan fingerprint density at radius 2 is 1.69 bits per heavy atom. The maximum absolute atomic E-state index is 13.5. The third-order valence-electron chi connectivity index (χ3n) is 12.5. The van der Waals surface area contributed by atoms with E-state index in [2.05, 4.69) is 38.2 Å². The maximum Gasteiger partial charge on any atom is 0.329 e. The number of aryl methyl sites for hydroxylation is 1. The molecule has 3 N–H and O–H groups in total. The molecule has 8 rings (SSSR count). The minimum absolute atomic E-state index is 0.211. The summed E-state index contributed by atoms with van der Waals surface area (Å²) >= 11 is 12.3. The summed E-state index contributed by atoms with van der Waals surface area (Å²) < 4.78 is 5.25. The zero-order valence-electron chi connectivity index (χ0n) is 33.3. The number of para-hydroxylation sites is 1. The van der Waals surface area contributed by atoms with E-state index in [-0.39, 0.29) is 30.0 Å². The second kappa shape index (κ2) is 15.8. The molecule has 2 aliphatic heterocycles. The van der Waals surface area contributed by atoms with Gasteiger partial charge >= 0.3 is 5.69 Å².